The van der Waals surface area contributed by atoms with Crippen LogP contribution in [0.1, 0.15) is 9.88 Å². The maximum atomic E-state index is 11.3. The van der Waals surface area contributed by atoms with Crippen LogP contribution >= 0.6 is 11.3 Å². The number of carbonyl (C=O) groups is 2. The molecule has 0 spiro atoms. The van der Waals surface area contributed by atoms with Crippen LogP contribution < -0.4 is 16.4 Å². The number of aryl methyl sites for hydroxylation is 1. The monoisotopic (exact) mass is 242 g/mol. The normalized spacial score (nSPS) is 9.88. The first kappa shape index (κ1) is 12.6. The van der Waals surface area contributed by atoms with Crippen LogP contribution in [-0.2, 0) is 16.1 Å². The largest absolute Gasteiger partial charge is 0.348 e. The highest BCUT2D eigenvalue weighted by Crippen LogP contribution is 2.10. The van der Waals surface area contributed by atoms with Crippen molar-refractivity contribution < 1.29 is 9.59 Å². The highest BCUT2D eigenvalue weighted by molar-refractivity contribution is 7.11. The van der Waals surface area contributed by atoms with Gasteiger partial charge in [-0.2, -0.15) is 0 Å². The number of carbonyl (C=O) groups excluding carboxylic acids is 2. The minimum atomic E-state index is -0.347. The minimum absolute atomic E-state index is 0.0552. The molecule has 0 aromatic carbocycles. The zero-order valence-corrected chi connectivity index (χ0v) is 9.76. The van der Waals surface area contributed by atoms with Crippen molar-refractivity contribution in [2.45, 2.75) is 13.5 Å². The number of aromatic nitrogens is 1. The second kappa shape index (κ2) is 6.19. The van der Waals surface area contributed by atoms with E-state index in [-0.39, 0.29) is 24.9 Å². The number of thiazole rings is 1. The molecular weight excluding hydrogens is 228 g/mol. The van der Waals surface area contributed by atoms with E-state index in [9.17, 15) is 9.59 Å². The predicted octanol–water partition coefficient (Wildman–Crippen LogP) is -0.857. The summed E-state index contributed by atoms with van der Waals surface area (Å²) in [7, 11) is 0. The van der Waals surface area contributed by atoms with Crippen molar-refractivity contribution in [1.29, 1.82) is 0 Å². The predicted molar refractivity (Wildman–Crippen MR) is 60.8 cm³/mol. The van der Waals surface area contributed by atoms with Gasteiger partial charge in [-0.15, -0.1) is 11.3 Å². The third kappa shape index (κ3) is 4.37. The summed E-state index contributed by atoms with van der Waals surface area (Å²) in [5, 5.41) is 5.87. The Labute approximate surface area is 97.2 Å². The van der Waals surface area contributed by atoms with Gasteiger partial charge in [0.05, 0.1) is 19.6 Å². The van der Waals surface area contributed by atoms with E-state index in [1.807, 2.05) is 6.92 Å². The topological polar surface area (TPSA) is 97.1 Å². The summed E-state index contributed by atoms with van der Waals surface area (Å²) in [6.07, 6.45) is 1.75. The molecule has 1 heterocycles. The van der Waals surface area contributed by atoms with E-state index < -0.39 is 0 Å². The molecule has 4 N–H and O–H groups in total. The lowest BCUT2D eigenvalue weighted by atomic mass is 10.5. The Morgan fingerprint density at radius 2 is 2.19 bits per heavy atom. The molecule has 0 fully saturated rings. The number of nitrogens with two attached hydrogens (primary N) is 1. The quantitative estimate of drug-likeness (QED) is 0.626. The zero-order valence-electron chi connectivity index (χ0n) is 8.95. The van der Waals surface area contributed by atoms with Crippen molar-refractivity contribution in [2.75, 3.05) is 13.1 Å². The number of nitrogens with one attached hydrogen (secondary N) is 2. The Hall–Kier alpha value is -1.47. The van der Waals surface area contributed by atoms with Gasteiger partial charge >= 0.3 is 0 Å². The molecule has 0 saturated carbocycles. The number of amides is 2. The Morgan fingerprint density at radius 1 is 1.44 bits per heavy atom. The van der Waals surface area contributed by atoms with Crippen LogP contribution in [0.2, 0.25) is 0 Å². The Balaban J connectivity index is 2.22. The summed E-state index contributed by atoms with van der Waals surface area (Å²) >= 11 is 1.53. The van der Waals surface area contributed by atoms with Crippen molar-refractivity contribution in [3.63, 3.8) is 0 Å². The lowest BCUT2D eigenvalue weighted by Crippen LogP contribution is -2.39. The molecule has 1 aromatic heterocycles. The molecule has 0 aliphatic heterocycles. The van der Waals surface area contributed by atoms with E-state index in [1.165, 1.54) is 11.3 Å². The van der Waals surface area contributed by atoms with Gasteiger partial charge in [-0.3, -0.25) is 9.59 Å². The van der Waals surface area contributed by atoms with E-state index in [1.54, 1.807) is 6.20 Å². The number of nitrogens with zero attached hydrogens (tertiary/aromatic N) is 1. The molecule has 0 saturated heterocycles. The van der Waals surface area contributed by atoms with E-state index in [4.69, 9.17) is 5.73 Å². The maximum Gasteiger partial charge on any atom is 0.239 e. The highest BCUT2D eigenvalue weighted by Gasteiger charge is 2.04. The summed E-state index contributed by atoms with van der Waals surface area (Å²) in [5.41, 5.74) is 5.07. The molecule has 1 rings (SSSR count). The number of hydrogen-bond acceptors (Lipinski definition) is 5. The summed E-state index contributed by atoms with van der Waals surface area (Å²) < 4.78 is 0. The van der Waals surface area contributed by atoms with Gasteiger partial charge in [0.1, 0.15) is 5.01 Å². The summed E-state index contributed by atoms with van der Waals surface area (Å²) in [5.74, 6) is -0.602. The van der Waals surface area contributed by atoms with E-state index >= 15 is 0 Å². The molecule has 0 aliphatic carbocycles. The van der Waals surface area contributed by atoms with Gasteiger partial charge in [-0.05, 0) is 6.92 Å². The van der Waals surface area contributed by atoms with Gasteiger partial charge in [-0.25, -0.2) is 4.98 Å². The van der Waals surface area contributed by atoms with E-state index in [0.29, 0.717) is 6.54 Å². The molecule has 88 valence electrons. The van der Waals surface area contributed by atoms with Crippen LogP contribution in [-0.4, -0.2) is 29.9 Å². The van der Waals surface area contributed by atoms with Crippen molar-refractivity contribution in [3.8, 4) is 0 Å². The van der Waals surface area contributed by atoms with Crippen molar-refractivity contribution in [3.05, 3.63) is 16.1 Å². The SMILES string of the molecule is Cc1cnc(CNC(=O)CNC(=O)CN)s1. The minimum Gasteiger partial charge on any atom is -0.348 e. The average Bonchev–Trinajstić information content (AvgIpc) is 2.69. The highest BCUT2D eigenvalue weighted by atomic mass is 32.1. The third-order valence-corrected chi connectivity index (χ3v) is 2.65. The first-order chi connectivity index (χ1) is 7.61. The third-order valence-electron chi connectivity index (χ3n) is 1.74. The number of hydrogen-bond donors (Lipinski definition) is 3. The van der Waals surface area contributed by atoms with Crippen LogP contribution in [0.15, 0.2) is 6.20 Å². The van der Waals surface area contributed by atoms with Crippen molar-refractivity contribution in [1.82, 2.24) is 15.6 Å². The average molecular weight is 242 g/mol. The fourth-order valence-corrected chi connectivity index (χ4v) is 1.70. The van der Waals surface area contributed by atoms with Gasteiger partial charge in [0.25, 0.3) is 0 Å². The second-order valence-corrected chi connectivity index (χ2v) is 4.44. The molecule has 0 bridgehead atoms. The summed E-state index contributed by atoms with van der Waals surface area (Å²) in [6, 6.07) is 0. The molecule has 0 aliphatic rings. The molecule has 16 heavy (non-hydrogen) atoms. The maximum absolute atomic E-state index is 11.3. The van der Waals surface area contributed by atoms with Gasteiger partial charge < -0.3 is 16.4 Å². The standard InChI is InChI=1S/C9H14N4O2S/c1-6-3-13-9(16-6)5-12-8(15)4-11-7(14)2-10/h3H,2,4-5,10H2,1H3,(H,11,14)(H,12,15). The molecule has 7 heteroatoms. The van der Waals surface area contributed by atoms with Crippen molar-refractivity contribution >= 4 is 23.2 Å². The summed E-state index contributed by atoms with van der Waals surface area (Å²) in [4.78, 5) is 27.2. The van der Waals surface area contributed by atoms with Gasteiger partial charge in [0.15, 0.2) is 0 Å². The fraction of sp³-hybridized carbons (Fsp3) is 0.444. The van der Waals surface area contributed by atoms with Gasteiger partial charge in [0.2, 0.25) is 11.8 Å². The molecule has 2 amide bonds. The van der Waals surface area contributed by atoms with Gasteiger partial charge in [0, 0.05) is 11.1 Å². The van der Waals surface area contributed by atoms with Gasteiger partial charge in [-0.1, -0.05) is 0 Å². The first-order valence-corrected chi connectivity index (χ1v) is 5.58. The smallest absolute Gasteiger partial charge is 0.239 e. The lowest BCUT2D eigenvalue weighted by Gasteiger charge is -2.04. The fourth-order valence-electron chi connectivity index (χ4n) is 0.971. The summed E-state index contributed by atoms with van der Waals surface area (Å²) in [6.45, 7) is 2.17. The molecule has 0 atom stereocenters. The van der Waals surface area contributed by atoms with Crippen LogP contribution in [0.5, 0.6) is 0 Å². The zero-order chi connectivity index (χ0) is 12.0. The molecule has 0 unspecified atom stereocenters. The Bertz CT molecular complexity index is 377. The van der Waals surface area contributed by atoms with Crippen LogP contribution in [0.3, 0.4) is 0 Å². The van der Waals surface area contributed by atoms with Crippen LogP contribution in [0.4, 0.5) is 0 Å². The number of rotatable bonds is 5. The van der Waals surface area contributed by atoms with Crippen molar-refractivity contribution in [2.24, 2.45) is 5.73 Å². The van der Waals surface area contributed by atoms with E-state index in [0.717, 1.165) is 9.88 Å². The first-order valence-electron chi connectivity index (χ1n) is 4.76. The Morgan fingerprint density at radius 3 is 2.75 bits per heavy atom. The van der Waals surface area contributed by atoms with Crippen LogP contribution in [0.25, 0.3) is 0 Å². The molecule has 1 aromatic rings. The molecular formula is C9H14N4O2S. The molecule has 0 radical (unpaired) electrons. The Kier molecular flexibility index (Phi) is 4.87. The lowest BCUT2D eigenvalue weighted by molar-refractivity contribution is -0.125. The second-order valence-electron chi connectivity index (χ2n) is 3.12. The van der Waals surface area contributed by atoms with E-state index in [2.05, 4.69) is 15.6 Å². The van der Waals surface area contributed by atoms with Crippen LogP contribution in [0, 0.1) is 6.92 Å². The molecule has 6 nitrogen and oxygen atoms in total.